The molecule has 0 radical (unpaired) electrons. The Morgan fingerprint density at radius 1 is 1.23 bits per heavy atom. The standard InChI is InChI=1S/C22H27FN4O3/c1-17-5-8-27(24-17)16-21(29)25-9-6-22(7-10-25)14-20(28)26(11-12-30-22)15-18-3-2-4-19(23)13-18/h2-5,8,13H,6-7,9-12,14-16H2,1H3. The van der Waals surface area contributed by atoms with Gasteiger partial charge in [-0.2, -0.15) is 5.10 Å². The number of ether oxygens (including phenoxy) is 1. The minimum absolute atomic E-state index is 0.0172. The number of nitrogens with zero attached hydrogens (tertiary/aromatic N) is 4. The summed E-state index contributed by atoms with van der Waals surface area (Å²) in [5, 5.41) is 4.27. The number of likely N-dealkylation sites (tertiary alicyclic amines) is 1. The van der Waals surface area contributed by atoms with Crippen LogP contribution in [0.5, 0.6) is 0 Å². The minimum atomic E-state index is -0.521. The highest BCUT2D eigenvalue weighted by Crippen LogP contribution is 2.32. The second-order valence-corrected chi connectivity index (χ2v) is 8.19. The van der Waals surface area contributed by atoms with Crippen molar-refractivity contribution in [3.63, 3.8) is 0 Å². The lowest BCUT2D eigenvalue weighted by atomic mass is 9.87. The van der Waals surface area contributed by atoms with Crippen molar-refractivity contribution >= 4 is 11.8 Å². The zero-order valence-corrected chi connectivity index (χ0v) is 17.2. The summed E-state index contributed by atoms with van der Waals surface area (Å²) in [7, 11) is 0. The van der Waals surface area contributed by atoms with Gasteiger partial charge in [-0.1, -0.05) is 12.1 Å². The van der Waals surface area contributed by atoms with Crippen molar-refractivity contribution in [3.8, 4) is 0 Å². The van der Waals surface area contributed by atoms with Gasteiger partial charge in [0.15, 0.2) is 0 Å². The highest BCUT2D eigenvalue weighted by molar-refractivity contribution is 5.78. The van der Waals surface area contributed by atoms with E-state index in [4.69, 9.17) is 4.74 Å². The number of aryl methyl sites for hydroxylation is 1. The number of rotatable bonds is 4. The molecule has 3 heterocycles. The molecule has 1 aromatic carbocycles. The summed E-state index contributed by atoms with van der Waals surface area (Å²) in [5.74, 6) is -0.256. The maximum absolute atomic E-state index is 13.5. The molecule has 0 aliphatic carbocycles. The fourth-order valence-corrected chi connectivity index (χ4v) is 4.23. The molecule has 2 fully saturated rings. The predicted octanol–water partition coefficient (Wildman–Crippen LogP) is 2.14. The van der Waals surface area contributed by atoms with E-state index in [1.165, 1.54) is 12.1 Å². The van der Waals surface area contributed by atoms with E-state index in [2.05, 4.69) is 5.10 Å². The topological polar surface area (TPSA) is 67.7 Å². The van der Waals surface area contributed by atoms with Crippen LogP contribution < -0.4 is 0 Å². The van der Waals surface area contributed by atoms with Crippen LogP contribution in [-0.4, -0.2) is 63.2 Å². The lowest BCUT2D eigenvalue weighted by molar-refractivity contribution is -0.141. The van der Waals surface area contributed by atoms with Gasteiger partial charge < -0.3 is 14.5 Å². The van der Waals surface area contributed by atoms with Gasteiger partial charge in [-0.15, -0.1) is 0 Å². The molecule has 1 spiro atoms. The summed E-state index contributed by atoms with van der Waals surface area (Å²) in [4.78, 5) is 29.0. The Hall–Kier alpha value is -2.74. The smallest absolute Gasteiger partial charge is 0.244 e. The molecule has 1 aromatic heterocycles. The van der Waals surface area contributed by atoms with E-state index in [0.29, 0.717) is 52.0 Å². The number of piperidine rings is 1. The van der Waals surface area contributed by atoms with Gasteiger partial charge >= 0.3 is 0 Å². The molecule has 0 bridgehead atoms. The number of carbonyl (C=O) groups excluding carboxylic acids is 2. The monoisotopic (exact) mass is 414 g/mol. The van der Waals surface area contributed by atoms with Gasteiger partial charge in [-0.3, -0.25) is 14.3 Å². The normalized spacial score (nSPS) is 19.2. The Labute approximate surface area is 175 Å². The molecule has 160 valence electrons. The van der Waals surface area contributed by atoms with Gasteiger partial charge in [-0.25, -0.2) is 4.39 Å². The number of aromatic nitrogens is 2. The summed E-state index contributed by atoms with van der Waals surface area (Å²) >= 11 is 0. The third-order valence-electron chi connectivity index (χ3n) is 5.96. The molecule has 0 saturated carbocycles. The quantitative estimate of drug-likeness (QED) is 0.769. The molecule has 2 aromatic rings. The molecule has 0 atom stereocenters. The van der Waals surface area contributed by atoms with Crippen LogP contribution in [0.3, 0.4) is 0 Å². The molecular formula is C22H27FN4O3. The molecule has 2 aliphatic rings. The summed E-state index contributed by atoms with van der Waals surface area (Å²) in [6.07, 6.45) is 3.37. The Balaban J connectivity index is 1.33. The largest absolute Gasteiger partial charge is 0.372 e. The number of benzene rings is 1. The molecule has 2 saturated heterocycles. The number of carbonyl (C=O) groups is 2. The van der Waals surface area contributed by atoms with Crippen molar-refractivity contribution in [1.82, 2.24) is 19.6 Å². The number of hydrogen-bond acceptors (Lipinski definition) is 4. The first-order chi connectivity index (χ1) is 14.4. The maximum atomic E-state index is 13.5. The number of halogens is 1. The van der Waals surface area contributed by atoms with Gasteiger partial charge in [0.25, 0.3) is 0 Å². The minimum Gasteiger partial charge on any atom is -0.372 e. The molecule has 2 amide bonds. The first kappa shape index (κ1) is 20.5. The van der Waals surface area contributed by atoms with Gasteiger partial charge in [0.05, 0.1) is 24.3 Å². The van der Waals surface area contributed by atoms with Crippen molar-refractivity contribution < 1.29 is 18.7 Å². The van der Waals surface area contributed by atoms with E-state index in [-0.39, 0.29) is 24.2 Å². The van der Waals surface area contributed by atoms with Crippen molar-refractivity contribution in [1.29, 1.82) is 0 Å². The van der Waals surface area contributed by atoms with Crippen molar-refractivity contribution in [2.24, 2.45) is 0 Å². The Morgan fingerprint density at radius 2 is 2.03 bits per heavy atom. The van der Waals surface area contributed by atoms with Crippen LogP contribution in [0.1, 0.15) is 30.5 Å². The van der Waals surface area contributed by atoms with Crippen molar-refractivity contribution in [2.45, 2.75) is 44.9 Å². The van der Waals surface area contributed by atoms with Crippen LogP contribution in [0.15, 0.2) is 36.5 Å². The Bertz CT molecular complexity index is 921. The molecule has 4 rings (SSSR count). The molecule has 0 unspecified atom stereocenters. The molecule has 8 heteroatoms. The van der Waals surface area contributed by atoms with Crippen molar-refractivity contribution in [2.75, 3.05) is 26.2 Å². The van der Waals surface area contributed by atoms with Gasteiger partial charge in [0.1, 0.15) is 12.4 Å². The first-order valence-corrected chi connectivity index (χ1v) is 10.4. The molecule has 2 aliphatic heterocycles. The lowest BCUT2D eigenvalue weighted by Crippen LogP contribution is -2.49. The van der Waals surface area contributed by atoms with E-state index in [1.54, 1.807) is 21.8 Å². The summed E-state index contributed by atoms with van der Waals surface area (Å²) in [6.45, 7) is 4.56. The highest BCUT2D eigenvalue weighted by Gasteiger charge is 2.41. The second-order valence-electron chi connectivity index (χ2n) is 8.19. The van der Waals surface area contributed by atoms with Gasteiger partial charge in [0, 0.05) is 32.4 Å². The third kappa shape index (κ3) is 4.70. The van der Waals surface area contributed by atoms with Crippen LogP contribution in [0.25, 0.3) is 0 Å². The Morgan fingerprint density at radius 3 is 2.73 bits per heavy atom. The summed E-state index contributed by atoms with van der Waals surface area (Å²) in [6, 6.07) is 8.21. The van der Waals surface area contributed by atoms with Crippen LogP contribution in [-0.2, 0) is 27.4 Å². The molecule has 0 N–H and O–H groups in total. The molecule has 7 nitrogen and oxygen atoms in total. The fourth-order valence-electron chi connectivity index (χ4n) is 4.23. The van der Waals surface area contributed by atoms with E-state index < -0.39 is 5.60 Å². The van der Waals surface area contributed by atoms with E-state index in [9.17, 15) is 14.0 Å². The van der Waals surface area contributed by atoms with Crippen molar-refractivity contribution in [3.05, 3.63) is 53.6 Å². The zero-order chi connectivity index (χ0) is 21.1. The average Bonchev–Trinajstić information content (AvgIpc) is 3.05. The second kappa shape index (κ2) is 8.55. The van der Waals surface area contributed by atoms with Crippen LogP contribution in [0, 0.1) is 12.7 Å². The van der Waals surface area contributed by atoms with Gasteiger partial charge in [0.2, 0.25) is 11.8 Å². The first-order valence-electron chi connectivity index (χ1n) is 10.4. The summed E-state index contributed by atoms with van der Waals surface area (Å²) < 4.78 is 21.3. The summed E-state index contributed by atoms with van der Waals surface area (Å²) in [5.41, 5.74) is 1.13. The maximum Gasteiger partial charge on any atom is 0.244 e. The van der Waals surface area contributed by atoms with Gasteiger partial charge in [-0.05, 0) is 43.5 Å². The predicted molar refractivity (Wildman–Crippen MR) is 108 cm³/mol. The van der Waals surface area contributed by atoms with E-state index in [1.807, 2.05) is 24.0 Å². The van der Waals surface area contributed by atoms with Crippen LogP contribution in [0.4, 0.5) is 4.39 Å². The number of amides is 2. The number of hydrogen-bond donors (Lipinski definition) is 0. The zero-order valence-electron chi connectivity index (χ0n) is 17.2. The highest BCUT2D eigenvalue weighted by atomic mass is 19.1. The van der Waals surface area contributed by atoms with Crippen LogP contribution >= 0.6 is 0 Å². The van der Waals surface area contributed by atoms with E-state index >= 15 is 0 Å². The average molecular weight is 414 g/mol. The Kier molecular flexibility index (Phi) is 5.85. The van der Waals surface area contributed by atoms with Crippen LogP contribution in [0.2, 0.25) is 0 Å². The fraction of sp³-hybridized carbons (Fsp3) is 0.500. The van der Waals surface area contributed by atoms with E-state index in [0.717, 1.165) is 11.3 Å². The third-order valence-corrected chi connectivity index (χ3v) is 5.96. The molecule has 30 heavy (non-hydrogen) atoms. The SMILES string of the molecule is Cc1ccn(CC(=O)N2CCC3(CC2)CC(=O)N(Cc2cccc(F)c2)CCO3)n1. The lowest BCUT2D eigenvalue weighted by Gasteiger charge is -2.40. The molecular weight excluding hydrogens is 387 g/mol.